The van der Waals surface area contributed by atoms with Gasteiger partial charge in [-0.05, 0) is 122 Å². The van der Waals surface area contributed by atoms with Crippen molar-refractivity contribution in [2.24, 2.45) is 0 Å². The van der Waals surface area contributed by atoms with E-state index in [0.29, 0.717) is 11.3 Å². The van der Waals surface area contributed by atoms with E-state index >= 15 is 0 Å². The van der Waals surface area contributed by atoms with Crippen LogP contribution in [-0.4, -0.2) is 9.13 Å². The molecular weight excluding hydrogens is 761 g/mol. The molecule has 12 aromatic rings. The Morgan fingerprint density at radius 1 is 0.317 bits per heavy atom. The van der Waals surface area contributed by atoms with Crippen molar-refractivity contribution in [3.8, 4) is 55.9 Å². The van der Waals surface area contributed by atoms with Gasteiger partial charge < -0.3 is 9.13 Å². The molecule has 0 saturated heterocycles. The fourth-order valence-electron chi connectivity index (χ4n) is 10.1. The molecule has 1 aliphatic rings. The number of para-hydroxylation sites is 2. The van der Waals surface area contributed by atoms with Crippen molar-refractivity contribution in [3.63, 3.8) is 0 Å². The smallest absolute Gasteiger partial charge is 0.0645 e. The number of rotatable bonds is 6. The molecule has 0 N–H and O–H groups in total. The highest BCUT2D eigenvalue weighted by molar-refractivity contribution is 6.13. The molecule has 2 nitrogen and oxygen atoms in total. The normalized spacial score (nSPS) is 14.8. The number of hydrogen-bond acceptors (Lipinski definition) is 0. The first-order valence-corrected chi connectivity index (χ1v) is 21.3. The third-order valence-electron chi connectivity index (χ3n) is 12.9. The highest BCUT2D eigenvalue weighted by Crippen LogP contribution is 2.51. The van der Waals surface area contributed by atoms with Gasteiger partial charge in [0.2, 0.25) is 0 Å². The van der Waals surface area contributed by atoms with Crippen molar-refractivity contribution >= 4 is 43.6 Å². The summed E-state index contributed by atoms with van der Waals surface area (Å²) < 4.78 is 70.0. The molecule has 0 saturated carbocycles. The van der Waals surface area contributed by atoms with E-state index in [0.717, 1.165) is 77.6 Å². The van der Waals surface area contributed by atoms with Crippen LogP contribution < -0.4 is 0 Å². The second-order valence-electron chi connectivity index (χ2n) is 16.3. The molecule has 0 spiro atoms. The van der Waals surface area contributed by atoms with E-state index in [-0.39, 0.29) is 63.5 Å². The molecule has 2 heterocycles. The maximum Gasteiger partial charge on any atom is 0.0645 e. The topological polar surface area (TPSA) is 9.86 Å². The molecule has 0 radical (unpaired) electrons. The Morgan fingerprint density at radius 3 is 1.73 bits per heavy atom. The zero-order valence-corrected chi connectivity index (χ0v) is 33.9. The number of nitrogens with zero attached hydrogens (tertiary/aromatic N) is 2. The Bertz CT molecular complexity index is 4140. The van der Waals surface area contributed by atoms with Gasteiger partial charge in [0.15, 0.2) is 0 Å². The van der Waals surface area contributed by atoms with E-state index in [1.165, 1.54) is 0 Å². The van der Waals surface area contributed by atoms with Gasteiger partial charge >= 0.3 is 0 Å². The van der Waals surface area contributed by atoms with Crippen LogP contribution in [-0.2, 0) is 0 Å². The van der Waals surface area contributed by atoms with Crippen LogP contribution in [0.1, 0.15) is 32.2 Å². The first-order chi connectivity index (χ1) is 34.2. The van der Waals surface area contributed by atoms with Gasteiger partial charge in [-0.15, -0.1) is 0 Å². The molecule has 1 atom stereocenters. The molecule has 63 heavy (non-hydrogen) atoms. The molecule has 294 valence electrons. The highest BCUT2D eigenvalue weighted by atomic mass is 15.0. The zero-order valence-electron chi connectivity index (χ0n) is 40.9. The van der Waals surface area contributed by atoms with Crippen molar-refractivity contribution in [2.45, 2.75) is 5.92 Å². The van der Waals surface area contributed by atoms with Crippen LogP contribution >= 0.6 is 0 Å². The van der Waals surface area contributed by atoms with Crippen LogP contribution in [0.15, 0.2) is 236 Å². The Labute approximate surface area is 376 Å². The number of aromatic nitrogens is 2. The number of benzene rings is 10. The SMILES string of the molecule is [2H]c1c([2H])c([2H])c2c(c1[2H])c1c([2H])c(-c3ccc4c(c3)c3ccccc3n4-c3ccc(-c4ccccc4)cc3)c([2H])c([2H])c1n2-c1ccc2c(c1)-c1ccccc1C2c1ccccc1-c1ccccc1. The van der Waals surface area contributed by atoms with Gasteiger partial charge in [-0.1, -0.05) is 176 Å². The quantitative estimate of drug-likeness (QED) is 0.158. The number of fused-ring (bicyclic) bond motifs is 9. The standard InChI is InChI=1S/C61H40N2/c1-3-15-40(16-4-1)41-27-31-45(32-28-41)62-57-25-13-11-21-49(57)55-37-43(29-35-59(55)62)44-30-36-60-56(38-44)50-22-12-14-26-58(50)63(60)46-33-34-53-54(39-46)48-20-8-10-24-52(48)61(53)51-23-9-7-19-47(51)42-17-5-2-6-18-42/h1-39,61H/i12D,14D,22D,26D,30D,36D,38D. The van der Waals surface area contributed by atoms with Gasteiger partial charge in [0.1, 0.15) is 0 Å². The van der Waals surface area contributed by atoms with Crippen molar-refractivity contribution in [1.82, 2.24) is 9.13 Å². The molecule has 13 rings (SSSR count). The highest BCUT2D eigenvalue weighted by Gasteiger charge is 2.32. The van der Waals surface area contributed by atoms with Gasteiger partial charge in [0.05, 0.1) is 31.7 Å². The van der Waals surface area contributed by atoms with Gasteiger partial charge in [0, 0.05) is 38.8 Å². The van der Waals surface area contributed by atoms with Crippen LogP contribution in [0, 0.1) is 0 Å². The lowest BCUT2D eigenvalue weighted by Gasteiger charge is -2.19. The van der Waals surface area contributed by atoms with Crippen molar-refractivity contribution in [3.05, 3.63) is 253 Å². The average Bonchev–Trinajstić information content (AvgIpc) is 4.06. The Morgan fingerprint density at radius 2 is 0.905 bits per heavy atom. The lowest BCUT2D eigenvalue weighted by atomic mass is 9.84. The minimum atomic E-state index is -0.423. The van der Waals surface area contributed by atoms with Crippen LogP contribution in [0.25, 0.3) is 99.5 Å². The van der Waals surface area contributed by atoms with E-state index in [4.69, 9.17) is 2.74 Å². The third-order valence-corrected chi connectivity index (χ3v) is 12.9. The van der Waals surface area contributed by atoms with E-state index in [9.17, 15) is 6.85 Å². The van der Waals surface area contributed by atoms with Crippen molar-refractivity contribution in [2.75, 3.05) is 0 Å². The predicted molar refractivity (Wildman–Crippen MR) is 264 cm³/mol. The fourth-order valence-corrected chi connectivity index (χ4v) is 10.1. The molecule has 0 bridgehead atoms. The minimum Gasteiger partial charge on any atom is -0.309 e. The van der Waals surface area contributed by atoms with E-state index in [2.05, 4.69) is 126 Å². The molecule has 0 amide bonds. The summed E-state index contributed by atoms with van der Waals surface area (Å²) >= 11 is 0. The summed E-state index contributed by atoms with van der Waals surface area (Å²) in [6.07, 6.45) is 0. The van der Waals surface area contributed by atoms with Gasteiger partial charge in [-0.25, -0.2) is 0 Å². The second-order valence-corrected chi connectivity index (χ2v) is 16.3. The van der Waals surface area contributed by atoms with Gasteiger partial charge in [0.25, 0.3) is 0 Å². The lowest BCUT2D eigenvalue weighted by molar-refractivity contribution is 1.02. The summed E-state index contributed by atoms with van der Waals surface area (Å²) in [4.78, 5) is 0. The third kappa shape index (κ3) is 5.58. The summed E-state index contributed by atoms with van der Waals surface area (Å²) in [6.45, 7) is 0. The Balaban J connectivity index is 1.01. The molecule has 0 fully saturated rings. The summed E-state index contributed by atoms with van der Waals surface area (Å²) in [7, 11) is 0. The van der Waals surface area contributed by atoms with E-state index in [1.807, 2.05) is 72.8 Å². The van der Waals surface area contributed by atoms with E-state index in [1.54, 1.807) is 4.57 Å². The molecule has 2 heteroatoms. The van der Waals surface area contributed by atoms with Crippen LogP contribution in [0.4, 0.5) is 0 Å². The zero-order chi connectivity index (χ0) is 47.5. The summed E-state index contributed by atoms with van der Waals surface area (Å²) in [5.41, 5.74) is 14.6. The fraction of sp³-hybridized carbons (Fsp3) is 0.0164. The monoisotopic (exact) mass is 807 g/mol. The van der Waals surface area contributed by atoms with E-state index < -0.39 is 12.1 Å². The number of hydrogen-bond donors (Lipinski definition) is 0. The maximum absolute atomic E-state index is 10.0. The largest absolute Gasteiger partial charge is 0.309 e. The molecule has 1 unspecified atom stereocenters. The Hall–Kier alpha value is -8.20. The second kappa shape index (κ2) is 14.2. The van der Waals surface area contributed by atoms with Gasteiger partial charge in [-0.2, -0.15) is 0 Å². The molecular formula is C61H40N2. The summed E-state index contributed by atoms with van der Waals surface area (Å²) in [5.74, 6) is -0.0901. The first kappa shape index (κ1) is 29.1. The van der Waals surface area contributed by atoms with Gasteiger partial charge in [-0.3, -0.25) is 0 Å². The van der Waals surface area contributed by atoms with Crippen LogP contribution in [0.5, 0.6) is 0 Å². The summed E-state index contributed by atoms with van der Waals surface area (Å²) in [5, 5.41) is 2.26. The minimum absolute atomic E-state index is 0.0755. The van der Waals surface area contributed by atoms with Crippen molar-refractivity contribution < 1.29 is 9.60 Å². The lowest BCUT2D eigenvalue weighted by Crippen LogP contribution is -2.02. The molecule has 10 aromatic carbocycles. The first-order valence-electron chi connectivity index (χ1n) is 24.8. The van der Waals surface area contributed by atoms with Crippen LogP contribution in [0.2, 0.25) is 0 Å². The maximum atomic E-state index is 10.0. The molecule has 2 aromatic heterocycles. The van der Waals surface area contributed by atoms with Crippen LogP contribution in [0.3, 0.4) is 0 Å². The Kier molecular flexibility index (Phi) is 6.56. The predicted octanol–water partition coefficient (Wildman–Crippen LogP) is 16.0. The van der Waals surface area contributed by atoms with Crippen molar-refractivity contribution in [1.29, 1.82) is 0 Å². The average molecular weight is 808 g/mol. The summed E-state index contributed by atoms with van der Waals surface area (Å²) in [6, 6.07) is 64.3. The molecule has 0 aliphatic heterocycles. The molecule has 1 aliphatic carbocycles.